The van der Waals surface area contributed by atoms with E-state index in [1.165, 1.54) is 19.2 Å². The standard InChI is InChI=1S/C11H13F3N2O3/c1-7(17)8-4-9(16-5-8)10(18)15-2-3-19-6-11(12,13)14/h4-5,16H,2-3,6H2,1H3,(H,15,18). The summed E-state index contributed by atoms with van der Waals surface area (Å²) < 4.78 is 39.5. The number of carbonyl (C=O) groups is 2. The minimum absolute atomic E-state index is 0.0522. The van der Waals surface area contributed by atoms with Crippen LogP contribution in [0.2, 0.25) is 0 Å². The maximum Gasteiger partial charge on any atom is 0.411 e. The number of halogens is 3. The topological polar surface area (TPSA) is 71.2 Å². The van der Waals surface area contributed by atoms with Crippen LogP contribution in [0.1, 0.15) is 27.8 Å². The Bertz CT molecular complexity index is 454. The van der Waals surface area contributed by atoms with Crippen molar-refractivity contribution in [3.63, 3.8) is 0 Å². The van der Waals surface area contributed by atoms with E-state index in [9.17, 15) is 22.8 Å². The Balaban J connectivity index is 2.29. The second-order valence-electron chi connectivity index (χ2n) is 3.78. The molecule has 0 aliphatic carbocycles. The third-order valence-corrected chi connectivity index (χ3v) is 2.13. The molecule has 8 heteroatoms. The minimum Gasteiger partial charge on any atom is -0.370 e. The molecule has 0 aromatic carbocycles. The van der Waals surface area contributed by atoms with Crippen LogP contribution in [-0.2, 0) is 4.74 Å². The summed E-state index contributed by atoms with van der Waals surface area (Å²) in [5.74, 6) is -0.702. The lowest BCUT2D eigenvalue weighted by atomic mass is 10.2. The van der Waals surface area contributed by atoms with Gasteiger partial charge in [-0.05, 0) is 13.0 Å². The Labute approximate surface area is 107 Å². The van der Waals surface area contributed by atoms with E-state index in [2.05, 4.69) is 15.0 Å². The summed E-state index contributed by atoms with van der Waals surface area (Å²) in [7, 11) is 0. The van der Waals surface area contributed by atoms with Gasteiger partial charge in [-0.15, -0.1) is 0 Å². The van der Waals surface area contributed by atoms with Gasteiger partial charge >= 0.3 is 6.18 Å². The van der Waals surface area contributed by atoms with Crippen LogP contribution in [0.15, 0.2) is 12.3 Å². The van der Waals surface area contributed by atoms with E-state index >= 15 is 0 Å². The summed E-state index contributed by atoms with van der Waals surface area (Å²) >= 11 is 0. The predicted molar refractivity (Wildman–Crippen MR) is 60.0 cm³/mol. The lowest BCUT2D eigenvalue weighted by Gasteiger charge is -2.07. The Morgan fingerprint density at radius 1 is 1.42 bits per heavy atom. The first-order chi connectivity index (χ1) is 8.79. The first kappa shape index (κ1) is 15.2. The molecule has 0 bridgehead atoms. The molecule has 106 valence electrons. The highest BCUT2D eigenvalue weighted by Crippen LogP contribution is 2.13. The lowest BCUT2D eigenvalue weighted by Crippen LogP contribution is -2.29. The summed E-state index contributed by atoms with van der Waals surface area (Å²) in [5, 5.41) is 2.36. The monoisotopic (exact) mass is 278 g/mol. The molecule has 0 fully saturated rings. The minimum atomic E-state index is -4.38. The fourth-order valence-electron chi connectivity index (χ4n) is 1.25. The number of ether oxygens (including phenoxy) is 1. The van der Waals surface area contributed by atoms with Crippen molar-refractivity contribution in [2.75, 3.05) is 19.8 Å². The molecule has 0 aliphatic rings. The van der Waals surface area contributed by atoms with Crippen LogP contribution in [0.3, 0.4) is 0 Å². The van der Waals surface area contributed by atoms with Gasteiger partial charge in [0.25, 0.3) is 5.91 Å². The number of carbonyl (C=O) groups excluding carboxylic acids is 2. The molecule has 0 saturated heterocycles. The van der Waals surface area contributed by atoms with Crippen molar-refractivity contribution in [3.8, 4) is 0 Å². The van der Waals surface area contributed by atoms with E-state index < -0.39 is 18.7 Å². The van der Waals surface area contributed by atoms with Crippen molar-refractivity contribution in [3.05, 3.63) is 23.5 Å². The van der Waals surface area contributed by atoms with E-state index in [-0.39, 0.29) is 24.6 Å². The summed E-state index contributed by atoms with van der Waals surface area (Å²) in [4.78, 5) is 25.1. The number of hydrogen-bond donors (Lipinski definition) is 2. The molecule has 0 saturated carbocycles. The average molecular weight is 278 g/mol. The van der Waals surface area contributed by atoms with Gasteiger partial charge in [0.2, 0.25) is 0 Å². The SMILES string of the molecule is CC(=O)c1c[nH]c(C(=O)NCCOCC(F)(F)F)c1. The lowest BCUT2D eigenvalue weighted by molar-refractivity contribution is -0.173. The van der Waals surface area contributed by atoms with Crippen LogP contribution in [-0.4, -0.2) is 42.6 Å². The number of alkyl halides is 3. The number of aromatic amines is 1. The van der Waals surface area contributed by atoms with Crippen molar-refractivity contribution >= 4 is 11.7 Å². The fraction of sp³-hybridized carbons (Fsp3) is 0.455. The van der Waals surface area contributed by atoms with Crippen LogP contribution in [0.25, 0.3) is 0 Å². The largest absolute Gasteiger partial charge is 0.411 e. The molecular weight excluding hydrogens is 265 g/mol. The molecule has 5 nitrogen and oxygen atoms in total. The number of amides is 1. The fourth-order valence-corrected chi connectivity index (χ4v) is 1.25. The van der Waals surface area contributed by atoms with Crippen LogP contribution >= 0.6 is 0 Å². The number of rotatable bonds is 6. The molecule has 0 aliphatic heterocycles. The van der Waals surface area contributed by atoms with Gasteiger partial charge in [0.1, 0.15) is 12.3 Å². The Hall–Kier alpha value is -1.83. The summed E-state index contributed by atoms with van der Waals surface area (Å²) in [5.41, 5.74) is 0.527. The number of Topliss-reactive ketones (excluding diaryl/α,β-unsaturated/α-hetero) is 1. The van der Waals surface area contributed by atoms with E-state index in [4.69, 9.17) is 0 Å². The van der Waals surface area contributed by atoms with Crippen LogP contribution in [0.5, 0.6) is 0 Å². The van der Waals surface area contributed by atoms with Gasteiger partial charge in [-0.2, -0.15) is 13.2 Å². The molecular formula is C11H13F3N2O3. The van der Waals surface area contributed by atoms with Gasteiger partial charge in [0.15, 0.2) is 5.78 Å². The zero-order valence-electron chi connectivity index (χ0n) is 10.1. The van der Waals surface area contributed by atoms with Crippen molar-refractivity contribution in [1.29, 1.82) is 0 Å². The molecule has 2 N–H and O–H groups in total. The second kappa shape index (κ2) is 6.37. The molecule has 19 heavy (non-hydrogen) atoms. The van der Waals surface area contributed by atoms with Crippen molar-refractivity contribution < 1.29 is 27.5 Å². The number of aromatic nitrogens is 1. The molecule has 0 unspecified atom stereocenters. The third kappa shape index (κ3) is 5.56. The van der Waals surface area contributed by atoms with E-state index in [1.807, 2.05) is 0 Å². The van der Waals surface area contributed by atoms with Crippen LogP contribution in [0, 0.1) is 0 Å². The van der Waals surface area contributed by atoms with Gasteiger partial charge in [-0.3, -0.25) is 9.59 Å². The van der Waals surface area contributed by atoms with Crippen molar-refractivity contribution in [2.24, 2.45) is 0 Å². The average Bonchev–Trinajstić information content (AvgIpc) is 2.76. The molecule has 0 atom stereocenters. The first-order valence-corrected chi connectivity index (χ1v) is 5.41. The number of nitrogens with one attached hydrogen (secondary N) is 2. The van der Waals surface area contributed by atoms with E-state index in [1.54, 1.807) is 0 Å². The third-order valence-electron chi connectivity index (χ3n) is 2.13. The Morgan fingerprint density at radius 2 is 2.11 bits per heavy atom. The van der Waals surface area contributed by atoms with E-state index in [0.29, 0.717) is 5.56 Å². The molecule has 1 aromatic rings. The molecule has 1 heterocycles. The Morgan fingerprint density at radius 3 is 2.63 bits per heavy atom. The molecule has 1 aromatic heterocycles. The van der Waals surface area contributed by atoms with Gasteiger partial charge < -0.3 is 15.0 Å². The van der Waals surface area contributed by atoms with Gasteiger partial charge in [0.05, 0.1) is 6.61 Å². The highest BCUT2D eigenvalue weighted by Gasteiger charge is 2.27. The van der Waals surface area contributed by atoms with E-state index in [0.717, 1.165) is 0 Å². The summed E-state index contributed by atoms with van der Waals surface area (Å²) in [6.45, 7) is -0.287. The van der Waals surface area contributed by atoms with Gasteiger partial charge in [-0.1, -0.05) is 0 Å². The van der Waals surface area contributed by atoms with Crippen LogP contribution in [0.4, 0.5) is 13.2 Å². The van der Waals surface area contributed by atoms with Gasteiger partial charge in [0, 0.05) is 18.3 Å². The van der Waals surface area contributed by atoms with Crippen LogP contribution < -0.4 is 5.32 Å². The highest BCUT2D eigenvalue weighted by atomic mass is 19.4. The first-order valence-electron chi connectivity index (χ1n) is 5.41. The van der Waals surface area contributed by atoms with Crippen molar-refractivity contribution in [1.82, 2.24) is 10.3 Å². The number of hydrogen-bond acceptors (Lipinski definition) is 3. The number of ketones is 1. The smallest absolute Gasteiger partial charge is 0.370 e. The maximum absolute atomic E-state index is 11.7. The zero-order valence-corrected chi connectivity index (χ0v) is 10.1. The zero-order chi connectivity index (χ0) is 14.5. The quantitative estimate of drug-likeness (QED) is 0.612. The molecule has 0 radical (unpaired) electrons. The molecule has 0 spiro atoms. The Kier molecular flexibility index (Phi) is 5.11. The summed E-state index contributed by atoms with van der Waals surface area (Å²) in [6, 6.07) is 1.37. The van der Waals surface area contributed by atoms with Gasteiger partial charge in [-0.25, -0.2) is 0 Å². The number of H-pyrrole nitrogens is 1. The maximum atomic E-state index is 11.7. The molecule has 1 amide bonds. The normalized spacial score (nSPS) is 11.4. The summed E-state index contributed by atoms with van der Waals surface area (Å²) in [6.07, 6.45) is -2.99. The second-order valence-corrected chi connectivity index (χ2v) is 3.78. The molecule has 1 rings (SSSR count). The highest BCUT2D eigenvalue weighted by molar-refractivity contribution is 5.99. The predicted octanol–water partition coefficient (Wildman–Crippen LogP) is 1.53. The van der Waals surface area contributed by atoms with Crippen molar-refractivity contribution in [2.45, 2.75) is 13.1 Å².